The van der Waals surface area contributed by atoms with Crippen molar-refractivity contribution in [2.24, 2.45) is 5.73 Å². The highest BCUT2D eigenvalue weighted by Gasteiger charge is 2.24. The fourth-order valence-electron chi connectivity index (χ4n) is 1.65. The van der Waals surface area contributed by atoms with Crippen LogP contribution in [-0.2, 0) is 16.6 Å². The second-order valence-electron chi connectivity index (χ2n) is 4.10. The summed E-state index contributed by atoms with van der Waals surface area (Å²) >= 11 is 0. The first-order chi connectivity index (χ1) is 7.62. The molecule has 3 N–H and O–H groups in total. The molecule has 1 aromatic rings. The fourth-order valence-corrected chi connectivity index (χ4v) is 3.03. The van der Waals surface area contributed by atoms with E-state index >= 15 is 0 Å². The molecule has 88 valence electrons. The molecule has 0 aromatic heterocycles. The van der Waals surface area contributed by atoms with Gasteiger partial charge < -0.3 is 5.73 Å². The largest absolute Gasteiger partial charge is 0.326 e. The number of hydrogen-bond donors (Lipinski definition) is 2. The summed E-state index contributed by atoms with van der Waals surface area (Å²) < 4.78 is 26.6. The van der Waals surface area contributed by atoms with Gasteiger partial charge in [0.2, 0.25) is 10.0 Å². The Hall–Kier alpha value is -0.910. The van der Waals surface area contributed by atoms with Crippen LogP contribution in [0.25, 0.3) is 0 Å². The molecule has 4 nitrogen and oxygen atoms in total. The molecule has 0 heterocycles. The average Bonchev–Trinajstić information content (AvgIpc) is 2.24. The highest BCUT2D eigenvalue weighted by molar-refractivity contribution is 7.89. The van der Waals surface area contributed by atoms with Gasteiger partial charge in [-0.05, 0) is 30.5 Å². The maximum Gasteiger partial charge on any atom is 0.240 e. The molecule has 0 saturated heterocycles. The van der Waals surface area contributed by atoms with Crippen LogP contribution in [-0.4, -0.2) is 14.5 Å². The molecule has 1 aliphatic rings. The van der Waals surface area contributed by atoms with Crippen molar-refractivity contribution in [2.45, 2.75) is 36.7 Å². The van der Waals surface area contributed by atoms with Crippen molar-refractivity contribution in [1.29, 1.82) is 0 Å². The number of benzene rings is 1. The predicted octanol–water partition coefficient (Wildman–Crippen LogP) is 0.976. The summed E-state index contributed by atoms with van der Waals surface area (Å²) in [4.78, 5) is 0.308. The van der Waals surface area contributed by atoms with E-state index in [-0.39, 0.29) is 6.04 Å². The molecule has 0 bridgehead atoms. The predicted molar refractivity (Wildman–Crippen MR) is 62.3 cm³/mol. The van der Waals surface area contributed by atoms with Crippen molar-refractivity contribution in [2.75, 3.05) is 0 Å². The van der Waals surface area contributed by atoms with E-state index in [2.05, 4.69) is 4.72 Å². The molecule has 0 aliphatic heterocycles. The van der Waals surface area contributed by atoms with Crippen LogP contribution in [0.3, 0.4) is 0 Å². The minimum Gasteiger partial charge on any atom is -0.326 e. The lowest BCUT2D eigenvalue weighted by atomic mass is 9.94. The van der Waals surface area contributed by atoms with Crippen molar-refractivity contribution in [1.82, 2.24) is 4.72 Å². The van der Waals surface area contributed by atoms with Crippen LogP contribution in [0.15, 0.2) is 29.2 Å². The Bertz CT molecular complexity index is 467. The second-order valence-corrected chi connectivity index (χ2v) is 5.81. The maximum absolute atomic E-state index is 12.0. The van der Waals surface area contributed by atoms with Crippen molar-refractivity contribution < 1.29 is 8.42 Å². The molecule has 5 heteroatoms. The second kappa shape index (κ2) is 4.53. The lowest BCUT2D eigenvalue weighted by Gasteiger charge is -2.26. The number of nitrogens with one attached hydrogen (secondary N) is 1. The zero-order valence-corrected chi connectivity index (χ0v) is 9.83. The third-order valence-corrected chi connectivity index (χ3v) is 4.39. The zero-order valence-electron chi connectivity index (χ0n) is 9.02. The molecule has 0 amide bonds. The van der Waals surface area contributed by atoms with Gasteiger partial charge in [-0.15, -0.1) is 0 Å². The summed E-state index contributed by atoms with van der Waals surface area (Å²) in [6.45, 7) is 0.354. The molecule has 2 rings (SSSR count). The van der Waals surface area contributed by atoms with Gasteiger partial charge in [0, 0.05) is 12.6 Å². The summed E-state index contributed by atoms with van der Waals surface area (Å²) in [5.41, 5.74) is 6.32. The van der Waals surface area contributed by atoms with Crippen molar-refractivity contribution in [3.05, 3.63) is 29.8 Å². The first kappa shape index (κ1) is 11.6. The molecule has 1 aromatic carbocycles. The van der Waals surface area contributed by atoms with E-state index in [1.165, 1.54) is 0 Å². The van der Waals surface area contributed by atoms with Crippen LogP contribution in [0.4, 0.5) is 0 Å². The van der Waals surface area contributed by atoms with Gasteiger partial charge >= 0.3 is 0 Å². The molecular weight excluding hydrogens is 224 g/mol. The standard InChI is InChI=1S/C11H16N2O2S/c12-8-9-3-1-6-11(7-9)16(14,15)13-10-4-2-5-10/h1,3,6-7,10,13H,2,4-5,8,12H2. The van der Waals surface area contributed by atoms with E-state index in [9.17, 15) is 8.42 Å². The molecule has 0 atom stereocenters. The molecule has 1 saturated carbocycles. The Morgan fingerprint density at radius 1 is 1.38 bits per heavy atom. The van der Waals surface area contributed by atoms with Gasteiger partial charge in [0.15, 0.2) is 0 Å². The van der Waals surface area contributed by atoms with E-state index in [0.29, 0.717) is 11.4 Å². The Balaban J connectivity index is 2.20. The van der Waals surface area contributed by atoms with Gasteiger partial charge in [0.1, 0.15) is 0 Å². The maximum atomic E-state index is 12.0. The highest BCUT2D eigenvalue weighted by atomic mass is 32.2. The highest BCUT2D eigenvalue weighted by Crippen LogP contribution is 2.21. The Labute approximate surface area is 95.9 Å². The van der Waals surface area contributed by atoms with E-state index in [1.807, 2.05) is 6.07 Å². The number of rotatable bonds is 4. The quantitative estimate of drug-likeness (QED) is 0.824. The van der Waals surface area contributed by atoms with Crippen LogP contribution in [0.5, 0.6) is 0 Å². The van der Waals surface area contributed by atoms with Crippen LogP contribution < -0.4 is 10.5 Å². The minimum absolute atomic E-state index is 0.117. The fraction of sp³-hybridized carbons (Fsp3) is 0.455. The smallest absolute Gasteiger partial charge is 0.240 e. The molecule has 0 spiro atoms. The molecular formula is C11H16N2O2S. The summed E-state index contributed by atoms with van der Waals surface area (Å²) in [6.07, 6.45) is 2.99. The van der Waals surface area contributed by atoms with Crippen LogP contribution in [0.1, 0.15) is 24.8 Å². The molecule has 0 radical (unpaired) electrons. The van der Waals surface area contributed by atoms with Crippen molar-refractivity contribution >= 4 is 10.0 Å². The van der Waals surface area contributed by atoms with Gasteiger partial charge in [-0.3, -0.25) is 0 Å². The van der Waals surface area contributed by atoms with Gasteiger partial charge in [-0.2, -0.15) is 0 Å². The van der Waals surface area contributed by atoms with Gasteiger partial charge in [0.25, 0.3) is 0 Å². The number of nitrogens with two attached hydrogens (primary N) is 1. The first-order valence-corrected chi connectivity index (χ1v) is 6.91. The third-order valence-electron chi connectivity index (χ3n) is 2.87. The van der Waals surface area contributed by atoms with Gasteiger partial charge in [0.05, 0.1) is 4.90 Å². The van der Waals surface area contributed by atoms with E-state index in [1.54, 1.807) is 18.2 Å². The van der Waals surface area contributed by atoms with Gasteiger partial charge in [-0.1, -0.05) is 18.6 Å². The third kappa shape index (κ3) is 2.42. The summed E-state index contributed by atoms with van der Waals surface area (Å²) in [7, 11) is -3.36. The molecule has 16 heavy (non-hydrogen) atoms. The Morgan fingerprint density at radius 2 is 2.12 bits per heavy atom. The van der Waals surface area contributed by atoms with Crippen molar-refractivity contribution in [3.63, 3.8) is 0 Å². The monoisotopic (exact) mass is 240 g/mol. The van der Waals surface area contributed by atoms with E-state index in [0.717, 1.165) is 24.8 Å². The molecule has 1 aliphatic carbocycles. The minimum atomic E-state index is -3.36. The first-order valence-electron chi connectivity index (χ1n) is 5.43. The van der Waals surface area contributed by atoms with E-state index in [4.69, 9.17) is 5.73 Å². The average molecular weight is 240 g/mol. The summed E-state index contributed by atoms with van der Waals surface area (Å²) in [5, 5.41) is 0. The van der Waals surface area contributed by atoms with Crippen molar-refractivity contribution in [3.8, 4) is 0 Å². The topological polar surface area (TPSA) is 72.2 Å². The van der Waals surface area contributed by atoms with Gasteiger partial charge in [-0.25, -0.2) is 13.1 Å². The lowest BCUT2D eigenvalue weighted by Crippen LogP contribution is -2.39. The van der Waals surface area contributed by atoms with E-state index < -0.39 is 10.0 Å². The summed E-state index contributed by atoms with van der Waals surface area (Å²) in [6, 6.07) is 6.88. The molecule has 0 unspecified atom stereocenters. The zero-order chi connectivity index (χ0) is 11.6. The Morgan fingerprint density at radius 3 is 2.69 bits per heavy atom. The van der Waals surface area contributed by atoms with Crippen LogP contribution in [0.2, 0.25) is 0 Å². The SMILES string of the molecule is NCc1cccc(S(=O)(=O)NC2CCC2)c1. The summed E-state index contributed by atoms with van der Waals surface area (Å²) in [5.74, 6) is 0. The van der Waals surface area contributed by atoms with Crippen LogP contribution >= 0.6 is 0 Å². The van der Waals surface area contributed by atoms with Crippen LogP contribution in [0, 0.1) is 0 Å². The Kier molecular flexibility index (Phi) is 3.28. The molecule has 1 fully saturated rings. The number of sulfonamides is 1. The lowest BCUT2D eigenvalue weighted by molar-refractivity contribution is 0.383. The number of hydrogen-bond acceptors (Lipinski definition) is 3. The normalized spacial score (nSPS) is 17.1.